The summed E-state index contributed by atoms with van der Waals surface area (Å²) in [5.74, 6) is 0.209. The van der Waals surface area contributed by atoms with E-state index in [1.54, 1.807) is 12.3 Å². The molecule has 0 bridgehead atoms. The fourth-order valence-electron chi connectivity index (χ4n) is 5.17. The van der Waals surface area contributed by atoms with Gasteiger partial charge in [0.05, 0.1) is 11.3 Å². The smallest absolute Gasteiger partial charge is 0.125 e. The zero-order valence-electron chi connectivity index (χ0n) is 23.8. The average Bonchev–Trinajstić information content (AvgIpc) is 3.33. The van der Waals surface area contributed by atoms with Gasteiger partial charge in [0, 0.05) is 50.4 Å². The van der Waals surface area contributed by atoms with E-state index in [1.807, 2.05) is 92.0 Å². The van der Waals surface area contributed by atoms with Crippen LogP contribution in [-0.4, -0.2) is 19.5 Å². The maximum Gasteiger partial charge on any atom is 0.125 e. The minimum Gasteiger partial charge on any atom is -0.507 e. The molecule has 3 heterocycles. The van der Waals surface area contributed by atoms with Crippen molar-refractivity contribution >= 4 is 5.65 Å². The van der Waals surface area contributed by atoms with E-state index < -0.39 is 0 Å². The molecule has 5 nitrogen and oxygen atoms in total. The molecule has 0 aliphatic carbocycles. The third kappa shape index (κ3) is 5.27. The number of fused-ring (bicyclic) bond motifs is 1. The maximum absolute atomic E-state index is 10.8. The Balaban J connectivity index is 0.00000353. The molecule has 0 unspecified atom stereocenters. The van der Waals surface area contributed by atoms with E-state index in [1.165, 1.54) is 0 Å². The summed E-state index contributed by atoms with van der Waals surface area (Å²) in [4.78, 5) is 9.65. The van der Waals surface area contributed by atoms with Gasteiger partial charge in [-0.15, -0.1) is 29.8 Å². The van der Waals surface area contributed by atoms with Crippen molar-refractivity contribution in [1.82, 2.24) is 14.4 Å². The number of rotatable bonds is 4. The molecule has 0 atom stereocenters. The number of imidazole rings is 1. The molecule has 42 heavy (non-hydrogen) atoms. The van der Waals surface area contributed by atoms with Crippen LogP contribution in [0.3, 0.4) is 0 Å². The molecule has 0 aliphatic rings. The zero-order chi connectivity index (χ0) is 28.7. The van der Waals surface area contributed by atoms with Crippen LogP contribution in [0.25, 0.3) is 50.4 Å². The second kappa shape index (κ2) is 11.4. The molecule has 0 radical (unpaired) electrons. The van der Waals surface area contributed by atoms with Crippen molar-refractivity contribution in [2.24, 2.45) is 0 Å². The number of pyridine rings is 2. The van der Waals surface area contributed by atoms with Crippen molar-refractivity contribution in [3.63, 3.8) is 0 Å². The van der Waals surface area contributed by atoms with Crippen molar-refractivity contribution in [3.05, 3.63) is 120 Å². The first-order chi connectivity index (χ1) is 19.7. The van der Waals surface area contributed by atoms with Crippen LogP contribution in [0.2, 0.25) is 0 Å². The van der Waals surface area contributed by atoms with E-state index in [-0.39, 0.29) is 32.2 Å². The monoisotopic (exact) mass is 728 g/mol. The van der Waals surface area contributed by atoms with Crippen LogP contribution in [0.15, 0.2) is 97.3 Å². The normalized spacial score (nSPS) is 11.2. The second-order valence-electron chi connectivity index (χ2n) is 11.2. The summed E-state index contributed by atoms with van der Waals surface area (Å²) in [6.45, 7) is 8.50. The minimum absolute atomic E-state index is 0. The maximum atomic E-state index is 10.8. The molecule has 0 spiro atoms. The summed E-state index contributed by atoms with van der Waals surface area (Å²) in [6, 6.07) is 33.4. The predicted molar refractivity (Wildman–Crippen MR) is 163 cm³/mol. The van der Waals surface area contributed by atoms with Crippen molar-refractivity contribution < 1.29 is 26.2 Å². The minimum atomic E-state index is -0.0596. The van der Waals surface area contributed by atoms with Crippen LogP contribution >= 0.6 is 0 Å². The van der Waals surface area contributed by atoms with E-state index >= 15 is 0 Å². The number of aromatic nitrogens is 3. The van der Waals surface area contributed by atoms with Crippen molar-refractivity contribution in [2.45, 2.75) is 33.1 Å². The number of hydrogen-bond donors (Lipinski definition) is 1. The van der Waals surface area contributed by atoms with Crippen LogP contribution in [0.5, 0.6) is 5.75 Å². The molecule has 3 aromatic heterocycles. The van der Waals surface area contributed by atoms with Crippen LogP contribution < -0.4 is 0 Å². The van der Waals surface area contributed by atoms with Gasteiger partial charge in [0.15, 0.2) is 0 Å². The fraction of sp³-hybridized carbons (Fsp3) is 0.139. The van der Waals surface area contributed by atoms with Gasteiger partial charge in [0.2, 0.25) is 0 Å². The van der Waals surface area contributed by atoms with Crippen LogP contribution in [0, 0.1) is 24.3 Å². The quantitative estimate of drug-likeness (QED) is 0.185. The Morgan fingerprint density at radius 1 is 0.857 bits per heavy atom. The van der Waals surface area contributed by atoms with Gasteiger partial charge in [-0.2, -0.15) is 5.26 Å². The van der Waals surface area contributed by atoms with Crippen molar-refractivity contribution in [3.8, 4) is 56.6 Å². The molecule has 6 aromatic rings. The van der Waals surface area contributed by atoms with Gasteiger partial charge < -0.3 is 9.51 Å². The van der Waals surface area contributed by atoms with Crippen molar-refractivity contribution in [1.29, 1.82) is 5.26 Å². The van der Waals surface area contributed by atoms with Gasteiger partial charge >= 0.3 is 0 Å². The standard InChI is InChI=1S/C36H29N4O.Pt/c1-23-34(31-19-28(36(2,3)4)15-16-33(31)41)39-35-29(14-9-17-40(23)35)25-12-8-13-26(18-25)32-20-30(27(21-37)22-38-32)24-10-6-5-7-11-24;/h5-17,19-20,22,41H,1-4H3;/q-1;. The Kier molecular flexibility index (Phi) is 7.86. The summed E-state index contributed by atoms with van der Waals surface area (Å²) in [7, 11) is 0. The molecule has 0 saturated carbocycles. The van der Waals surface area contributed by atoms with E-state index in [4.69, 9.17) is 4.98 Å². The molecule has 6 rings (SSSR count). The summed E-state index contributed by atoms with van der Waals surface area (Å²) in [6.07, 6.45) is 3.62. The number of aryl methyl sites for hydroxylation is 1. The van der Waals surface area contributed by atoms with Gasteiger partial charge in [-0.25, -0.2) is 4.98 Å². The first kappa shape index (κ1) is 29.0. The molecular weight excluding hydrogens is 700 g/mol. The summed E-state index contributed by atoms with van der Waals surface area (Å²) >= 11 is 0. The van der Waals surface area contributed by atoms with Gasteiger partial charge in [-0.05, 0) is 46.7 Å². The third-order valence-electron chi connectivity index (χ3n) is 7.48. The van der Waals surface area contributed by atoms with Crippen LogP contribution in [0.1, 0.15) is 37.6 Å². The number of nitrogens with zero attached hydrogens (tertiary/aromatic N) is 4. The Morgan fingerprint density at radius 2 is 1.62 bits per heavy atom. The Hall–Kier alpha value is -4.52. The molecule has 1 N–H and O–H groups in total. The van der Waals surface area contributed by atoms with E-state index in [2.05, 4.69) is 42.3 Å². The molecule has 0 aliphatic heterocycles. The first-order valence-electron chi connectivity index (χ1n) is 13.5. The molecule has 0 amide bonds. The Labute approximate surface area is 260 Å². The largest absolute Gasteiger partial charge is 0.507 e. The number of nitriles is 1. The number of hydrogen-bond acceptors (Lipinski definition) is 4. The van der Waals surface area contributed by atoms with Gasteiger partial charge in [0.1, 0.15) is 17.5 Å². The fourth-order valence-corrected chi connectivity index (χ4v) is 5.17. The second-order valence-corrected chi connectivity index (χ2v) is 11.2. The van der Waals surface area contributed by atoms with E-state index in [0.29, 0.717) is 5.56 Å². The summed E-state index contributed by atoms with van der Waals surface area (Å²) < 4.78 is 2.06. The topological polar surface area (TPSA) is 74.2 Å². The van der Waals surface area contributed by atoms with Gasteiger partial charge in [0.25, 0.3) is 0 Å². The average molecular weight is 729 g/mol. The van der Waals surface area contributed by atoms with Crippen molar-refractivity contribution in [2.75, 3.05) is 0 Å². The number of phenols is 1. The first-order valence-corrected chi connectivity index (χ1v) is 13.5. The van der Waals surface area contributed by atoms with E-state index in [0.717, 1.165) is 61.7 Å². The molecule has 6 heteroatoms. The van der Waals surface area contributed by atoms with Gasteiger partial charge in [-0.1, -0.05) is 80.9 Å². The van der Waals surface area contributed by atoms with Crippen LogP contribution in [-0.2, 0) is 26.5 Å². The SMILES string of the molecule is Cc1c(-c2cc(C(C)(C)C)ccc2O)nc2c(-c3[c-]c(-c4cc(-c5ccccc5)c(C#N)cn4)ccc3)cccn12.[Pt]. The van der Waals surface area contributed by atoms with Gasteiger partial charge in [-0.3, -0.25) is 4.98 Å². The molecule has 0 saturated heterocycles. The molecule has 0 fully saturated rings. The number of phenolic OH excluding ortho intramolecular Hbond substituents is 1. The number of benzene rings is 3. The third-order valence-corrected chi connectivity index (χ3v) is 7.48. The predicted octanol–water partition coefficient (Wildman–Crippen LogP) is 8.38. The zero-order valence-corrected chi connectivity index (χ0v) is 26.1. The molecular formula is C36H29N4OPt-. The Morgan fingerprint density at radius 3 is 2.36 bits per heavy atom. The molecule has 210 valence electrons. The van der Waals surface area contributed by atoms with E-state index in [9.17, 15) is 10.4 Å². The summed E-state index contributed by atoms with van der Waals surface area (Å²) in [5.41, 5.74) is 9.97. The number of aromatic hydroxyl groups is 1. The summed E-state index contributed by atoms with van der Waals surface area (Å²) in [5, 5.41) is 20.5. The molecule has 3 aromatic carbocycles. The Bertz CT molecular complexity index is 1960. The van der Waals surface area contributed by atoms with Crippen LogP contribution in [0.4, 0.5) is 0 Å².